The molecule has 0 aromatic heterocycles. The Hall–Kier alpha value is -0.720. The van der Waals surface area contributed by atoms with Gasteiger partial charge >= 0.3 is 0 Å². The molecular formula is C14H27N. The van der Waals surface area contributed by atoms with E-state index in [4.69, 9.17) is 0 Å². The van der Waals surface area contributed by atoms with E-state index in [0.29, 0.717) is 5.92 Å². The van der Waals surface area contributed by atoms with E-state index in [9.17, 15) is 0 Å². The minimum absolute atomic E-state index is 0.715. The molecule has 1 unspecified atom stereocenters. The van der Waals surface area contributed by atoms with Gasteiger partial charge in [-0.3, -0.25) is 0 Å². The molecule has 0 saturated heterocycles. The zero-order valence-corrected chi connectivity index (χ0v) is 11.1. The first-order valence-corrected chi connectivity index (χ1v) is 6.25. The maximum absolute atomic E-state index is 3.46. The molecule has 0 fully saturated rings. The van der Waals surface area contributed by atoms with Crippen LogP contribution in [0.1, 0.15) is 53.9 Å². The fraction of sp³-hybridized carbons (Fsp3) is 0.714. The summed E-state index contributed by atoms with van der Waals surface area (Å²) in [6, 6.07) is 0. The normalized spacial score (nSPS) is 15.3. The van der Waals surface area contributed by atoms with E-state index in [0.717, 1.165) is 19.4 Å². The quantitative estimate of drug-likeness (QED) is 0.617. The first-order valence-electron chi connectivity index (χ1n) is 6.25. The van der Waals surface area contributed by atoms with Crippen LogP contribution in [0.25, 0.3) is 0 Å². The molecule has 0 heterocycles. The Balaban J connectivity index is 4.00. The van der Waals surface area contributed by atoms with Crippen LogP contribution in [0.5, 0.6) is 0 Å². The van der Waals surface area contributed by atoms with Crippen LogP contribution >= 0.6 is 0 Å². The van der Waals surface area contributed by atoms with Gasteiger partial charge in [0.05, 0.1) is 0 Å². The topological polar surface area (TPSA) is 12.0 Å². The molecule has 0 amide bonds. The summed E-state index contributed by atoms with van der Waals surface area (Å²) >= 11 is 0. The van der Waals surface area contributed by atoms with Gasteiger partial charge in [-0.2, -0.15) is 0 Å². The monoisotopic (exact) mass is 209 g/mol. The molecular weight excluding hydrogens is 182 g/mol. The minimum Gasteiger partial charge on any atom is -0.385 e. The van der Waals surface area contributed by atoms with Crippen molar-refractivity contribution in [3.63, 3.8) is 0 Å². The second-order valence-corrected chi connectivity index (χ2v) is 4.13. The number of hydrogen-bond acceptors (Lipinski definition) is 1. The first-order chi connectivity index (χ1) is 7.15. The van der Waals surface area contributed by atoms with Gasteiger partial charge in [-0.15, -0.1) is 0 Å². The van der Waals surface area contributed by atoms with Gasteiger partial charge in [0.25, 0.3) is 0 Å². The molecule has 0 spiro atoms. The molecule has 1 N–H and O–H groups in total. The lowest BCUT2D eigenvalue weighted by Gasteiger charge is -2.11. The summed E-state index contributed by atoms with van der Waals surface area (Å²) in [6.07, 6.45) is 8.03. The molecule has 0 radical (unpaired) electrons. The average molecular weight is 209 g/mol. The third-order valence-electron chi connectivity index (χ3n) is 2.97. The maximum atomic E-state index is 3.46. The third kappa shape index (κ3) is 6.38. The highest BCUT2D eigenvalue weighted by atomic mass is 14.9. The van der Waals surface area contributed by atoms with E-state index in [-0.39, 0.29) is 0 Å². The number of nitrogens with one attached hydrogen (secondary N) is 1. The van der Waals surface area contributed by atoms with Crippen LogP contribution in [0.3, 0.4) is 0 Å². The predicted molar refractivity (Wildman–Crippen MR) is 69.9 cm³/mol. The highest BCUT2D eigenvalue weighted by Gasteiger charge is 1.99. The molecule has 1 nitrogen and oxygen atoms in total. The van der Waals surface area contributed by atoms with Crippen molar-refractivity contribution >= 4 is 0 Å². The molecule has 88 valence electrons. The van der Waals surface area contributed by atoms with Crippen LogP contribution in [0, 0.1) is 5.92 Å². The lowest BCUT2D eigenvalue weighted by Crippen LogP contribution is -2.13. The maximum Gasteiger partial charge on any atom is 0.0330 e. The fourth-order valence-electron chi connectivity index (χ4n) is 1.45. The Bertz CT molecular complexity index is 213. The number of allylic oxidation sites excluding steroid dienone is 3. The zero-order valence-electron chi connectivity index (χ0n) is 11.1. The van der Waals surface area contributed by atoms with Gasteiger partial charge in [-0.05, 0) is 32.1 Å². The lowest BCUT2D eigenvalue weighted by molar-refractivity contribution is 0.650. The molecule has 0 bridgehead atoms. The van der Waals surface area contributed by atoms with Crippen molar-refractivity contribution in [2.45, 2.75) is 53.9 Å². The van der Waals surface area contributed by atoms with Gasteiger partial charge < -0.3 is 5.32 Å². The zero-order chi connectivity index (χ0) is 11.7. The predicted octanol–water partition coefficient (Wildman–Crippen LogP) is 4.27. The Morgan fingerprint density at radius 2 is 1.87 bits per heavy atom. The van der Waals surface area contributed by atoms with Crippen molar-refractivity contribution in [3.8, 4) is 0 Å². The summed E-state index contributed by atoms with van der Waals surface area (Å²) in [4.78, 5) is 0. The van der Waals surface area contributed by atoms with E-state index in [1.54, 1.807) is 0 Å². The van der Waals surface area contributed by atoms with Crippen molar-refractivity contribution in [1.29, 1.82) is 0 Å². The van der Waals surface area contributed by atoms with Gasteiger partial charge in [0.1, 0.15) is 0 Å². The standard InChI is InChI=1S/C14H27N/c1-6-9-14(8-3)15-11-10-13(5)12(4)7-2/h9-10,12,15H,6-8,11H2,1-5H3/b13-10-,14-9-. The smallest absolute Gasteiger partial charge is 0.0330 e. The van der Waals surface area contributed by atoms with Gasteiger partial charge in [-0.25, -0.2) is 0 Å². The van der Waals surface area contributed by atoms with E-state index in [1.807, 2.05) is 0 Å². The van der Waals surface area contributed by atoms with Gasteiger partial charge in [-0.1, -0.05) is 45.4 Å². The second-order valence-electron chi connectivity index (χ2n) is 4.13. The molecule has 15 heavy (non-hydrogen) atoms. The summed E-state index contributed by atoms with van der Waals surface area (Å²) in [5, 5.41) is 3.46. The van der Waals surface area contributed by atoms with Gasteiger partial charge in [0.2, 0.25) is 0 Å². The molecule has 0 rings (SSSR count). The molecule has 1 atom stereocenters. The van der Waals surface area contributed by atoms with Crippen LogP contribution < -0.4 is 5.32 Å². The van der Waals surface area contributed by atoms with Gasteiger partial charge in [0.15, 0.2) is 0 Å². The largest absolute Gasteiger partial charge is 0.385 e. The van der Waals surface area contributed by atoms with Crippen LogP contribution in [-0.4, -0.2) is 6.54 Å². The van der Waals surface area contributed by atoms with Crippen molar-refractivity contribution in [2.24, 2.45) is 5.92 Å². The van der Waals surface area contributed by atoms with E-state index >= 15 is 0 Å². The van der Waals surface area contributed by atoms with E-state index in [1.165, 1.54) is 17.7 Å². The van der Waals surface area contributed by atoms with Crippen LogP contribution in [-0.2, 0) is 0 Å². The highest BCUT2D eigenvalue weighted by molar-refractivity contribution is 5.06. The second kappa shape index (κ2) is 8.58. The lowest BCUT2D eigenvalue weighted by atomic mass is 10.00. The molecule has 0 aliphatic rings. The SMILES string of the molecule is CC/C=C(/CC)NC/C=C(/C)C(C)CC. The number of hydrogen-bond donors (Lipinski definition) is 1. The van der Waals surface area contributed by atoms with Crippen LogP contribution in [0.2, 0.25) is 0 Å². The minimum atomic E-state index is 0.715. The molecule has 1 heteroatoms. The molecule has 0 saturated carbocycles. The highest BCUT2D eigenvalue weighted by Crippen LogP contribution is 2.12. The molecule has 0 aromatic rings. The summed E-state index contributed by atoms with van der Waals surface area (Å²) in [7, 11) is 0. The Labute approximate surface area is 95.7 Å². The Morgan fingerprint density at radius 1 is 1.20 bits per heavy atom. The van der Waals surface area contributed by atoms with Crippen molar-refractivity contribution < 1.29 is 0 Å². The van der Waals surface area contributed by atoms with Crippen molar-refractivity contribution in [2.75, 3.05) is 6.54 Å². The molecule has 0 aliphatic heterocycles. The van der Waals surface area contributed by atoms with E-state index in [2.05, 4.69) is 52.1 Å². The summed E-state index contributed by atoms with van der Waals surface area (Å²) in [5.41, 5.74) is 2.86. The number of rotatable bonds is 7. The van der Waals surface area contributed by atoms with Crippen molar-refractivity contribution in [1.82, 2.24) is 5.32 Å². The van der Waals surface area contributed by atoms with E-state index < -0.39 is 0 Å². The third-order valence-corrected chi connectivity index (χ3v) is 2.97. The Kier molecular flexibility index (Phi) is 8.17. The van der Waals surface area contributed by atoms with Crippen LogP contribution in [0.15, 0.2) is 23.4 Å². The molecule has 0 aliphatic carbocycles. The molecule has 0 aromatic carbocycles. The summed E-state index contributed by atoms with van der Waals surface area (Å²) in [5.74, 6) is 0.715. The van der Waals surface area contributed by atoms with Crippen molar-refractivity contribution in [3.05, 3.63) is 23.4 Å². The summed E-state index contributed by atoms with van der Waals surface area (Å²) in [6.45, 7) is 12.1. The Morgan fingerprint density at radius 3 is 2.33 bits per heavy atom. The summed E-state index contributed by atoms with van der Waals surface area (Å²) < 4.78 is 0. The average Bonchev–Trinajstić information content (AvgIpc) is 2.26. The van der Waals surface area contributed by atoms with Crippen LogP contribution in [0.4, 0.5) is 0 Å². The fourth-order valence-corrected chi connectivity index (χ4v) is 1.45. The first kappa shape index (κ1) is 14.3. The van der Waals surface area contributed by atoms with Gasteiger partial charge in [0, 0.05) is 12.2 Å².